The summed E-state index contributed by atoms with van der Waals surface area (Å²) in [4.78, 5) is 11.3. The average molecular weight is 298 g/mol. The summed E-state index contributed by atoms with van der Waals surface area (Å²) in [5, 5.41) is 3.30. The number of hydrogen-bond acceptors (Lipinski definition) is 4. The maximum absolute atomic E-state index is 4.66. The Kier molecular flexibility index (Phi) is 5.75. The van der Waals surface area contributed by atoms with Crippen molar-refractivity contribution in [1.29, 1.82) is 0 Å². The molecule has 1 aromatic heterocycles. The number of rotatable bonds is 7. The standard InChI is InChI=1S/C18H26N4/c1-5-11-22(12-6-2)17-9-10-19-18(21-17)20-16-8-7-14(3)15(4)13-16/h7-10,13H,5-6,11-12H2,1-4H3,(H,19,20,21). The minimum absolute atomic E-state index is 0.651. The monoisotopic (exact) mass is 298 g/mol. The van der Waals surface area contributed by atoms with Crippen LogP contribution in [0.5, 0.6) is 0 Å². The van der Waals surface area contributed by atoms with E-state index in [1.54, 1.807) is 0 Å². The zero-order valence-electron chi connectivity index (χ0n) is 14.1. The number of aryl methyl sites for hydroxylation is 2. The van der Waals surface area contributed by atoms with Gasteiger partial charge in [0.15, 0.2) is 0 Å². The van der Waals surface area contributed by atoms with Crippen LogP contribution in [0.1, 0.15) is 37.8 Å². The van der Waals surface area contributed by atoms with Gasteiger partial charge >= 0.3 is 0 Å². The summed E-state index contributed by atoms with van der Waals surface area (Å²) in [5.41, 5.74) is 3.58. The van der Waals surface area contributed by atoms with Crippen molar-refractivity contribution in [3.63, 3.8) is 0 Å². The molecule has 1 N–H and O–H groups in total. The molecule has 0 aliphatic rings. The highest BCUT2D eigenvalue weighted by molar-refractivity contribution is 5.57. The van der Waals surface area contributed by atoms with Gasteiger partial charge in [0.05, 0.1) is 0 Å². The van der Waals surface area contributed by atoms with E-state index in [4.69, 9.17) is 0 Å². The van der Waals surface area contributed by atoms with Crippen molar-refractivity contribution < 1.29 is 0 Å². The van der Waals surface area contributed by atoms with Gasteiger partial charge < -0.3 is 10.2 Å². The van der Waals surface area contributed by atoms with Gasteiger partial charge in [0.25, 0.3) is 0 Å². The number of nitrogens with zero attached hydrogens (tertiary/aromatic N) is 3. The molecule has 0 aliphatic carbocycles. The second-order valence-corrected chi connectivity index (χ2v) is 5.65. The third-order valence-electron chi connectivity index (χ3n) is 3.71. The van der Waals surface area contributed by atoms with E-state index in [0.29, 0.717) is 5.95 Å². The number of aromatic nitrogens is 2. The van der Waals surface area contributed by atoms with Crippen molar-refractivity contribution in [2.75, 3.05) is 23.3 Å². The maximum atomic E-state index is 4.66. The molecule has 0 atom stereocenters. The number of hydrogen-bond donors (Lipinski definition) is 1. The number of anilines is 3. The van der Waals surface area contributed by atoms with E-state index in [9.17, 15) is 0 Å². The number of benzene rings is 1. The summed E-state index contributed by atoms with van der Waals surface area (Å²) in [6.07, 6.45) is 4.05. The molecule has 1 heterocycles. The summed E-state index contributed by atoms with van der Waals surface area (Å²) in [7, 11) is 0. The molecular formula is C18H26N4. The maximum Gasteiger partial charge on any atom is 0.229 e. The van der Waals surface area contributed by atoms with Gasteiger partial charge in [-0.15, -0.1) is 0 Å². The highest BCUT2D eigenvalue weighted by Crippen LogP contribution is 2.19. The van der Waals surface area contributed by atoms with E-state index < -0.39 is 0 Å². The van der Waals surface area contributed by atoms with Crippen molar-refractivity contribution in [2.24, 2.45) is 0 Å². The summed E-state index contributed by atoms with van der Waals surface area (Å²) < 4.78 is 0. The van der Waals surface area contributed by atoms with Gasteiger partial charge in [-0.1, -0.05) is 19.9 Å². The Morgan fingerprint density at radius 2 is 1.73 bits per heavy atom. The van der Waals surface area contributed by atoms with Gasteiger partial charge in [-0.2, -0.15) is 4.98 Å². The summed E-state index contributed by atoms with van der Waals surface area (Å²) >= 11 is 0. The highest BCUT2D eigenvalue weighted by Gasteiger charge is 2.08. The molecule has 2 rings (SSSR count). The van der Waals surface area contributed by atoms with E-state index in [-0.39, 0.29) is 0 Å². The van der Waals surface area contributed by atoms with Crippen LogP contribution in [0.4, 0.5) is 17.5 Å². The van der Waals surface area contributed by atoms with Crippen LogP contribution in [0.25, 0.3) is 0 Å². The van der Waals surface area contributed by atoms with E-state index in [2.05, 4.69) is 66.1 Å². The Morgan fingerprint density at radius 1 is 1.00 bits per heavy atom. The molecule has 4 heteroatoms. The van der Waals surface area contributed by atoms with Crippen LogP contribution >= 0.6 is 0 Å². The first-order valence-corrected chi connectivity index (χ1v) is 8.06. The smallest absolute Gasteiger partial charge is 0.229 e. The SMILES string of the molecule is CCCN(CCC)c1ccnc(Nc2ccc(C)c(C)c2)n1. The van der Waals surface area contributed by atoms with Crippen LogP contribution in [0.2, 0.25) is 0 Å². The van der Waals surface area contributed by atoms with Crippen LogP contribution in [0.3, 0.4) is 0 Å². The van der Waals surface area contributed by atoms with Crippen LogP contribution in [-0.4, -0.2) is 23.1 Å². The molecule has 0 bridgehead atoms. The minimum Gasteiger partial charge on any atom is -0.356 e. The van der Waals surface area contributed by atoms with Crippen LogP contribution in [0.15, 0.2) is 30.5 Å². The molecule has 0 amide bonds. The fraction of sp³-hybridized carbons (Fsp3) is 0.444. The van der Waals surface area contributed by atoms with Gasteiger partial charge in [0.2, 0.25) is 5.95 Å². The third-order valence-corrected chi connectivity index (χ3v) is 3.71. The predicted molar refractivity (Wildman–Crippen MR) is 94.0 cm³/mol. The summed E-state index contributed by atoms with van der Waals surface area (Å²) in [6, 6.07) is 8.29. The zero-order valence-corrected chi connectivity index (χ0v) is 14.1. The fourth-order valence-corrected chi connectivity index (χ4v) is 2.41. The van der Waals surface area contributed by atoms with Crippen molar-refractivity contribution >= 4 is 17.5 Å². The molecule has 0 fully saturated rings. The molecule has 1 aromatic carbocycles. The van der Waals surface area contributed by atoms with Crippen LogP contribution < -0.4 is 10.2 Å². The Labute approximate surface area is 133 Å². The second kappa shape index (κ2) is 7.78. The molecule has 0 aliphatic heterocycles. The Morgan fingerprint density at radius 3 is 2.36 bits per heavy atom. The van der Waals surface area contributed by atoms with Gasteiger partial charge in [-0.05, 0) is 56.0 Å². The lowest BCUT2D eigenvalue weighted by molar-refractivity contribution is 0.733. The predicted octanol–water partition coefficient (Wildman–Crippen LogP) is 4.46. The molecule has 0 spiro atoms. The molecule has 0 saturated heterocycles. The normalized spacial score (nSPS) is 10.5. The van der Waals surface area contributed by atoms with Crippen LogP contribution in [-0.2, 0) is 0 Å². The molecule has 0 radical (unpaired) electrons. The summed E-state index contributed by atoms with van der Waals surface area (Å²) in [5.74, 6) is 1.64. The quantitative estimate of drug-likeness (QED) is 0.819. The molecule has 2 aromatic rings. The van der Waals surface area contributed by atoms with Crippen molar-refractivity contribution in [3.05, 3.63) is 41.6 Å². The molecule has 4 nitrogen and oxygen atoms in total. The minimum atomic E-state index is 0.651. The van der Waals surface area contributed by atoms with Crippen molar-refractivity contribution in [2.45, 2.75) is 40.5 Å². The first-order valence-electron chi connectivity index (χ1n) is 8.06. The largest absolute Gasteiger partial charge is 0.356 e. The third kappa shape index (κ3) is 4.20. The molecule has 0 unspecified atom stereocenters. The van der Waals surface area contributed by atoms with Crippen LogP contribution in [0, 0.1) is 13.8 Å². The topological polar surface area (TPSA) is 41.1 Å². The van der Waals surface area contributed by atoms with E-state index in [1.807, 2.05) is 12.3 Å². The second-order valence-electron chi connectivity index (χ2n) is 5.65. The van der Waals surface area contributed by atoms with E-state index >= 15 is 0 Å². The highest BCUT2D eigenvalue weighted by atomic mass is 15.2. The van der Waals surface area contributed by atoms with Gasteiger partial charge in [0, 0.05) is 25.0 Å². The molecule has 0 saturated carbocycles. The number of nitrogens with one attached hydrogen (secondary N) is 1. The molecule has 118 valence electrons. The first-order chi connectivity index (χ1) is 10.6. The molecule has 22 heavy (non-hydrogen) atoms. The lowest BCUT2D eigenvalue weighted by Gasteiger charge is -2.22. The Balaban J connectivity index is 2.18. The van der Waals surface area contributed by atoms with Gasteiger partial charge in [-0.3, -0.25) is 0 Å². The Hall–Kier alpha value is -2.10. The Bertz CT molecular complexity index is 604. The van der Waals surface area contributed by atoms with Gasteiger partial charge in [-0.25, -0.2) is 4.98 Å². The van der Waals surface area contributed by atoms with Crippen molar-refractivity contribution in [3.8, 4) is 0 Å². The van der Waals surface area contributed by atoms with E-state index in [0.717, 1.165) is 37.4 Å². The molecular weight excluding hydrogens is 272 g/mol. The lowest BCUT2D eigenvalue weighted by atomic mass is 10.1. The zero-order chi connectivity index (χ0) is 15.9. The lowest BCUT2D eigenvalue weighted by Crippen LogP contribution is -2.26. The van der Waals surface area contributed by atoms with Gasteiger partial charge in [0.1, 0.15) is 5.82 Å². The fourth-order valence-electron chi connectivity index (χ4n) is 2.41. The van der Waals surface area contributed by atoms with E-state index in [1.165, 1.54) is 11.1 Å². The summed E-state index contributed by atoms with van der Waals surface area (Å²) in [6.45, 7) is 10.7. The first kappa shape index (κ1) is 16.3. The van der Waals surface area contributed by atoms with Crippen molar-refractivity contribution in [1.82, 2.24) is 9.97 Å². The average Bonchev–Trinajstić information content (AvgIpc) is 2.51.